The minimum absolute atomic E-state index is 0.0736. The number of para-hydroxylation sites is 1. The predicted octanol–water partition coefficient (Wildman–Crippen LogP) is 6.36. The van der Waals surface area contributed by atoms with Gasteiger partial charge in [-0.15, -0.1) is 0 Å². The molecule has 37 heavy (non-hydrogen) atoms. The third kappa shape index (κ3) is 12.8. The van der Waals surface area contributed by atoms with E-state index in [2.05, 4.69) is 12.2 Å². The van der Waals surface area contributed by atoms with Crippen LogP contribution in [0, 0.1) is 0 Å². The van der Waals surface area contributed by atoms with E-state index in [1.165, 1.54) is 51.4 Å². The number of hydrogen-bond acceptors (Lipinski definition) is 5. The first kappa shape index (κ1) is 30.3. The van der Waals surface area contributed by atoms with Gasteiger partial charge in [0.2, 0.25) is 0 Å². The highest BCUT2D eigenvalue weighted by Crippen LogP contribution is 2.21. The molecule has 2 N–H and O–H groups in total. The summed E-state index contributed by atoms with van der Waals surface area (Å²) in [5.74, 6) is -0.407. The van der Waals surface area contributed by atoms with Crippen LogP contribution in [0.5, 0.6) is 5.75 Å². The van der Waals surface area contributed by atoms with Gasteiger partial charge in [-0.3, -0.25) is 9.63 Å². The van der Waals surface area contributed by atoms with Gasteiger partial charge in [-0.1, -0.05) is 95.0 Å². The molecule has 0 unspecified atom stereocenters. The summed E-state index contributed by atoms with van der Waals surface area (Å²) >= 11 is 0. The van der Waals surface area contributed by atoms with Gasteiger partial charge in [-0.05, 0) is 30.2 Å². The average molecular weight is 513 g/mol. The summed E-state index contributed by atoms with van der Waals surface area (Å²) in [5, 5.41) is 13.6. The average Bonchev–Trinajstić information content (AvgIpc) is 2.91. The van der Waals surface area contributed by atoms with Gasteiger partial charge in [-0.2, -0.15) is 5.06 Å². The highest BCUT2D eigenvalue weighted by molar-refractivity contribution is 5.94. The molecule has 0 fully saturated rings. The minimum Gasteiger partial charge on any atom is -0.496 e. The third-order valence-electron chi connectivity index (χ3n) is 6.30. The monoisotopic (exact) mass is 512 g/mol. The Hall–Kier alpha value is -2.90. The molecule has 0 aliphatic heterocycles. The number of methoxy groups -OCH3 is 1. The minimum atomic E-state index is -1.04. The number of nitrogens with zero attached hydrogens (tertiary/aromatic N) is 1. The number of hydrogen-bond donors (Lipinski definition) is 2. The van der Waals surface area contributed by atoms with E-state index in [0.29, 0.717) is 30.9 Å². The van der Waals surface area contributed by atoms with Crippen molar-refractivity contribution in [2.45, 2.75) is 84.2 Å². The molecule has 0 radical (unpaired) electrons. The predicted molar refractivity (Wildman–Crippen MR) is 146 cm³/mol. The lowest BCUT2D eigenvalue weighted by molar-refractivity contribution is -0.190. The molecule has 2 aromatic carbocycles. The van der Waals surface area contributed by atoms with Gasteiger partial charge in [0.25, 0.3) is 5.91 Å². The number of carbonyl (C=O) groups excluding carboxylic acids is 1. The largest absolute Gasteiger partial charge is 0.496 e. The fraction of sp³-hybridized carbons (Fsp3) is 0.533. The van der Waals surface area contributed by atoms with Gasteiger partial charge in [0, 0.05) is 24.2 Å². The maximum Gasteiger partial charge on any atom is 0.331 e. The van der Waals surface area contributed by atoms with E-state index in [0.717, 1.165) is 24.0 Å². The second kappa shape index (κ2) is 18.4. The van der Waals surface area contributed by atoms with Crippen molar-refractivity contribution in [2.75, 3.05) is 20.3 Å². The van der Waals surface area contributed by atoms with Gasteiger partial charge in [-0.25, -0.2) is 4.79 Å². The van der Waals surface area contributed by atoms with E-state index >= 15 is 0 Å². The Kier molecular flexibility index (Phi) is 15.0. The highest BCUT2D eigenvalue weighted by atomic mass is 16.7. The summed E-state index contributed by atoms with van der Waals surface area (Å²) in [4.78, 5) is 29.1. The SMILES string of the molecule is CCCCCCCCCCCCNC(=O)c1ccc(CN(Cc2ccccc2OC)OCC(=O)O)cc1. The van der Waals surface area contributed by atoms with Crippen LogP contribution in [0.25, 0.3) is 0 Å². The molecule has 204 valence electrons. The first-order valence-electron chi connectivity index (χ1n) is 13.6. The van der Waals surface area contributed by atoms with Gasteiger partial charge in [0.1, 0.15) is 5.75 Å². The molecule has 0 aliphatic rings. The van der Waals surface area contributed by atoms with Gasteiger partial charge >= 0.3 is 5.97 Å². The molecule has 0 atom stereocenters. The molecule has 0 aromatic heterocycles. The molecule has 0 aliphatic carbocycles. The lowest BCUT2D eigenvalue weighted by Gasteiger charge is -2.22. The molecule has 0 bridgehead atoms. The fourth-order valence-corrected chi connectivity index (χ4v) is 4.20. The smallest absolute Gasteiger partial charge is 0.331 e. The van der Waals surface area contributed by atoms with E-state index in [1.807, 2.05) is 36.4 Å². The van der Waals surface area contributed by atoms with Crippen LogP contribution in [0.4, 0.5) is 0 Å². The number of amides is 1. The van der Waals surface area contributed by atoms with Crippen molar-refractivity contribution < 1.29 is 24.3 Å². The number of aliphatic carboxylic acids is 1. The summed E-state index contributed by atoms with van der Waals surface area (Å²) in [7, 11) is 1.60. The number of nitrogens with one attached hydrogen (secondary N) is 1. The Morgan fingerprint density at radius 3 is 2.08 bits per heavy atom. The summed E-state index contributed by atoms with van der Waals surface area (Å²) < 4.78 is 5.40. The topological polar surface area (TPSA) is 88.1 Å². The molecule has 2 aromatic rings. The molecule has 1 amide bonds. The van der Waals surface area contributed by atoms with E-state index in [4.69, 9.17) is 14.7 Å². The molecular formula is C30H44N2O5. The summed E-state index contributed by atoms with van der Waals surface area (Å²) in [6.07, 6.45) is 12.7. The first-order chi connectivity index (χ1) is 18.0. The van der Waals surface area contributed by atoms with Crippen molar-refractivity contribution in [3.05, 3.63) is 65.2 Å². The zero-order chi connectivity index (χ0) is 26.7. The van der Waals surface area contributed by atoms with Crippen LogP contribution >= 0.6 is 0 Å². The van der Waals surface area contributed by atoms with Gasteiger partial charge < -0.3 is 15.2 Å². The van der Waals surface area contributed by atoms with Gasteiger partial charge in [0.05, 0.1) is 13.7 Å². The summed E-state index contributed by atoms with van der Waals surface area (Å²) in [6.45, 7) is 3.22. The number of unbranched alkanes of at least 4 members (excludes halogenated alkanes) is 9. The van der Waals surface area contributed by atoms with E-state index < -0.39 is 12.6 Å². The van der Waals surface area contributed by atoms with Crippen LogP contribution in [-0.2, 0) is 22.7 Å². The first-order valence-corrected chi connectivity index (χ1v) is 13.6. The fourth-order valence-electron chi connectivity index (χ4n) is 4.20. The quantitative estimate of drug-likeness (QED) is 0.158. The lowest BCUT2D eigenvalue weighted by atomic mass is 10.1. The second-order valence-corrected chi connectivity index (χ2v) is 9.41. The van der Waals surface area contributed by atoms with Crippen molar-refractivity contribution in [3.8, 4) is 5.75 Å². The number of benzene rings is 2. The molecule has 2 rings (SSSR count). The number of carboxylic acid groups (broad SMARTS) is 1. The highest BCUT2D eigenvalue weighted by Gasteiger charge is 2.14. The van der Waals surface area contributed by atoms with Crippen molar-refractivity contribution in [1.82, 2.24) is 10.4 Å². The molecule has 0 saturated heterocycles. The summed E-state index contributed by atoms with van der Waals surface area (Å²) in [6, 6.07) is 14.9. The van der Waals surface area contributed by atoms with Crippen molar-refractivity contribution >= 4 is 11.9 Å². The zero-order valence-electron chi connectivity index (χ0n) is 22.5. The molecule has 0 spiro atoms. The van der Waals surface area contributed by atoms with Crippen LogP contribution in [0.1, 0.15) is 92.6 Å². The molecule has 7 heteroatoms. The Balaban J connectivity index is 1.75. The van der Waals surface area contributed by atoms with Gasteiger partial charge in [0.15, 0.2) is 6.61 Å². The number of hydroxylamine groups is 2. The standard InChI is InChI=1S/C30H44N2O5/c1-3-4-5-6-7-8-9-10-11-14-21-31-30(35)26-19-17-25(18-20-26)22-32(37-24-29(33)34)23-27-15-12-13-16-28(27)36-2/h12-13,15-20H,3-11,14,21-24H2,1-2H3,(H,31,35)(H,33,34). The van der Waals surface area contributed by atoms with Crippen molar-refractivity contribution in [2.24, 2.45) is 0 Å². The van der Waals surface area contributed by atoms with Crippen LogP contribution < -0.4 is 10.1 Å². The Morgan fingerprint density at radius 2 is 1.46 bits per heavy atom. The zero-order valence-corrected chi connectivity index (χ0v) is 22.5. The Labute approximate surface area is 222 Å². The maximum atomic E-state index is 12.5. The van der Waals surface area contributed by atoms with Crippen LogP contribution in [-0.4, -0.2) is 42.3 Å². The van der Waals surface area contributed by atoms with Crippen LogP contribution in [0.15, 0.2) is 48.5 Å². The maximum absolute atomic E-state index is 12.5. The van der Waals surface area contributed by atoms with Crippen molar-refractivity contribution in [1.29, 1.82) is 0 Å². The van der Waals surface area contributed by atoms with Crippen molar-refractivity contribution in [3.63, 3.8) is 0 Å². The Bertz CT molecular complexity index is 916. The lowest BCUT2D eigenvalue weighted by Crippen LogP contribution is -2.27. The van der Waals surface area contributed by atoms with Crippen LogP contribution in [0.2, 0.25) is 0 Å². The normalized spacial score (nSPS) is 11.0. The number of carboxylic acids is 1. The van der Waals surface area contributed by atoms with E-state index in [1.54, 1.807) is 24.3 Å². The summed E-state index contributed by atoms with van der Waals surface area (Å²) in [5.41, 5.74) is 2.41. The molecule has 0 heterocycles. The molecular weight excluding hydrogens is 468 g/mol. The number of rotatable bonds is 20. The third-order valence-corrected chi connectivity index (χ3v) is 6.30. The number of carbonyl (C=O) groups is 2. The van der Waals surface area contributed by atoms with E-state index in [9.17, 15) is 9.59 Å². The van der Waals surface area contributed by atoms with Crippen LogP contribution in [0.3, 0.4) is 0 Å². The molecule has 7 nitrogen and oxygen atoms in total. The van der Waals surface area contributed by atoms with E-state index in [-0.39, 0.29) is 5.91 Å². The number of ether oxygens (including phenoxy) is 1. The second-order valence-electron chi connectivity index (χ2n) is 9.41. The molecule has 0 saturated carbocycles. The Morgan fingerprint density at radius 1 is 0.838 bits per heavy atom.